The number of para-hydroxylation sites is 1. The molecule has 98 valence electrons. The van der Waals surface area contributed by atoms with E-state index in [0.29, 0.717) is 5.56 Å². The molecule has 0 radical (unpaired) electrons. The Labute approximate surface area is 131 Å². The predicted octanol–water partition coefficient (Wildman–Crippen LogP) is 4.66. The second-order valence-corrected chi connectivity index (χ2v) is 6.45. The van der Waals surface area contributed by atoms with E-state index in [1.807, 2.05) is 48.5 Å². The van der Waals surface area contributed by atoms with Crippen LogP contribution in [0.4, 0.5) is 5.69 Å². The van der Waals surface area contributed by atoms with E-state index in [2.05, 4.69) is 34.8 Å². The fraction of sp³-hybridized carbons (Fsp3) is 0.133. The zero-order chi connectivity index (χ0) is 13.7. The number of anilines is 1. The van der Waals surface area contributed by atoms with Gasteiger partial charge in [-0.1, -0.05) is 25.1 Å². The molecule has 1 amide bonds. The highest BCUT2D eigenvalue weighted by Crippen LogP contribution is 2.27. The Morgan fingerprint density at radius 3 is 2.74 bits per heavy atom. The molecule has 2 aromatic carbocycles. The fourth-order valence-corrected chi connectivity index (χ4v) is 2.98. The molecule has 4 heteroatoms. The summed E-state index contributed by atoms with van der Waals surface area (Å²) in [5.41, 5.74) is 1.56. The van der Waals surface area contributed by atoms with Crippen molar-refractivity contribution in [1.82, 2.24) is 0 Å². The predicted molar refractivity (Wildman–Crippen MR) is 90.0 cm³/mol. The van der Waals surface area contributed by atoms with Crippen LogP contribution in [0.25, 0.3) is 0 Å². The molecule has 1 N–H and O–H groups in total. The average Bonchev–Trinajstić information content (AvgIpc) is 2.41. The van der Waals surface area contributed by atoms with Crippen molar-refractivity contribution in [2.75, 3.05) is 11.1 Å². The normalized spacial score (nSPS) is 10.2. The molecule has 0 unspecified atom stereocenters. The quantitative estimate of drug-likeness (QED) is 0.615. The van der Waals surface area contributed by atoms with E-state index in [4.69, 9.17) is 0 Å². The number of hydrogen-bond donors (Lipinski definition) is 1. The Hall–Kier alpha value is -1.01. The molecule has 0 saturated heterocycles. The summed E-state index contributed by atoms with van der Waals surface area (Å²) in [5.74, 6) is 0.915. The highest BCUT2D eigenvalue weighted by atomic mass is 127. The number of hydrogen-bond acceptors (Lipinski definition) is 2. The molecule has 0 aliphatic rings. The van der Waals surface area contributed by atoms with Crippen molar-refractivity contribution >= 4 is 45.9 Å². The third-order valence-electron chi connectivity index (χ3n) is 2.52. The molecule has 0 aliphatic heterocycles. The number of carbonyl (C=O) groups is 1. The van der Waals surface area contributed by atoms with Crippen LogP contribution < -0.4 is 5.32 Å². The van der Waals surface area contributed by atoms with Gasteiger partial charge in [0, 0.05) is 14.0 Å². The van der Waals surface area contributed by atoms with E-state index in [1.54, 1.807) is 11.8 Å². The van der Waals surface area contributed by atoms with Crippen LogP contribution in [0.15, 0.2) is 53.4 Å². The number of rotatable bonds is 4. The molecule has 2 rings (SSSR count). The van der Waals surface area contributed by atoms with E-state index in [9.17, 15) is 4.79 Å². The number of amides is 1. The number of benzene rings is 2. The Morgan fingerprint density at radius 1 is 1.21 bits per heavy atom. The van der Waals surface area contributed by atoms with Gasteiger partial charge in [0.05, 0.1) is 5.69 Å². The molecule has 2 aromatic rings. The number of thioether (sulfide) groups is 1. The number of halogens is 1. The maximum atomic E-state index is 12.2. The van der Waals surface area contributed by atoms with Crippen molar-refractivity contribution in [3.8, 4) is 0 Å². The van der Waals surface area contributed by atoms with Crippen LogP contribution in [0.2, 0.25) is 0 Å². The summed E-state index contributed by atoms with van der Waals surface area (Å²) in [6, 6.07) is 15.5. The third kappa shape index (κ3) is 3.98. The first-order chi connectivity index (χ1) is 9.20. The Kier molecular flexibility index (Phi) is 5.27. The molecule has 0 fully saturated rings. The van der Waals surface area contributed by atoms with Crippen LogP contribution >= 0.6 is 34.4 Å². The number of nitrogens with one attached hydrogen (secondary N) is 1. The third-order valence-corrected chi connectivity index (χ3v) is 4.15. The lowest BCUT2D eigenvalue weighted by molar-refractivity contribution is 0.102. The highest BCUT2D eigenvalue weighted by Gasteiger charge is 2.09. The lowest BCUT2D eigenvalue weighted by Crippen LogP contribution is -2.12. The summed E-state index contributed by atoms with van der Waals surface area (Å²) in [4.78, 5) is 13.3. The van der Waals surface area contributed by atoms with E-state index >= 15 is 0 Å². The lowest BCUT2D eigenvalue weighted by Gasteiger charge is -2.10. The van der Waals surface area contributed by atoms with Crippen LogP contribution in [0.5, 0.6) is 0 Å². The first kappa shape index (κ1) is 14.4. The number of carbonyl (C=O) groups excluding carboxylic acids is 1. The molecule has 0 heterocycles. The second kappa shape index (κ2) is 6.96. The first-order valence-electron chi connectivity index (χ1n) is 5.99. The molecule has 0 saturated carbocycles. The minimum atomic E-state index is -0.0670. The lowest BCUT2D eigenvalue weighted by atomic mass is 10.2. The standard InChI is InChI=1S/C15H14INOS/c1-2-19-14-9-4-3-8-13(14)17-15(18)11-6-5-7-12(16)10-11/h3-10H,2H2,1H3,(H,17,18). The summed E-state index contributed by atoms with van der Waals surface area (Å²) in [7, 11) is 0. The van der Waals surface area contributed by atoms with Gasteiger partial charge in [-0.2, -0.15) is 0 Å². The fourth-order valence-electron chi connectivity index (χ4n) is 1.68. The maximum Gasteiger partial charge on any atom is 0.255 e. The summed E-state index contributed by atoms with van der Waals surface area (Å²) in [6.07, 6.45) is 0. The topological polar surface area (TPSA) is 29.1 Å². The molecule has 2 nitrogen and oxygen atoms in total. The van der Waals surface area contributed by atoms with Gasteiger partial charge in [-0.05, 0) is 58.7 Å². The van der Waals surface area contributed by atoms with Gasteiger partial charge in [0.2, 0.25) is 0 Å². The summed E-state index contributed by atoms with van der Waals surface area (Å²) in [5, 5.41) is 2.98. The van der Waals surface area contributed by atoms with Gasteiger partial charge in [-0.3, -0.25) is 4.79 Å². The smallest absolute Gasteiger partial charge is 0.255 e. The molecule has 0 aliphatic carbocycles. The monoisotopic (exact) mass is 383 g/mol. The summed E-state index contributed by atoms with van der Waals surface area (Å²) in [6.45, 7) is 2.10. The van der Waals surface area contributed by atoms with Gasteiger partial charge in [-0.15, -0.1) is 11.8 Å². The van der Waals surface area contributed by atoms with E-state index in [-0.39, 0.29) is 5.91 Å². The van der Waals surface area contributed by atoms with Gasteiger partial charge in [0.25, 0.3) is 5.91 Å². The van der Waals surface area contributed by atoms with Crippen molar-refractivity contribution < 1.29 is 4.79 Å². The average molecular weight is 383 g/mol. The van der Waals surface area contributed by atoms with Gasteiger partial charge < -0.3 is 5.32 Å². The van der Waals surface area contributed by atoms with Crippen molar-refractivity contribution in [3.63, 3.8) is 0 Å². The first-order valence-corrected chi connectivity index (χ1v) is 8.06. The largest absolute Gasteiger partial charge is 0.321 e. The molecule has 0 aromatic heterocycles. The van der Waals surface area contributed by atoms with Crippen LogP contribution in [0, 0.1) is 3.57 Å². The molecular weight excluding hydrogens is 369 g/mol. The zero-order valence-electron chi connectivity index (χ0n) is 10.5. The summed E-state index contributed by atoms with van der Waals surface area (Å²) < 4.78 is 1.06. The van der Waals surface area contributed by atoms with Gasteiger partial charge in [0.1, 0.15) is 0 Å². The minimum Gasteiger partial charge on any atom is -0.321 e. The Morgan fingerprint density at radius 2 is 2.00 bits per heavy atom. The van der Waals surface area contributed by atoms with Crippen LogP contribution in [-0.4, -0.2) is 11.7 Å². The maximum absolute atomic E-state index is 12.2. The molecule has 0 bridgehead atoms. The van der Waals surface area contributed by atoms with E-state index < -0.39 is 0 Å². The van der Waals surface area contributed by atoms with Gasteiger partial charge in [0.15, 0.2) is 0 Å². The Bertz CT molecular complexity index is 586. The van der Waals surface area contributed by atoms with Crippen LogP contribution in [-0.2, 0) is 0 Å². The van der Waals surface area contributed by atoms with Crippen molar-refractivity contribution in [3.05, 3.63) is 57.7 Å². The van der Waals surface area contributed by atoms with Crippen molar-refractivity contribution in [1.29, 1.82) is 0 Å². The summed E-state index contributed by atoms with van der Waals surface area (Å²) >= 11 is 3.93. The molecule has 0 spiro atoms. The second-order valence-electron chi connectivity index (χ2n) is 3.89. The van der Waals surface area contributed by atoms with Gasteiger partial charge >= 0.3 is 0 Å². The van der Waals surface area contributed by atoms with Crippen LogP contribution in [0.1, 0.15) is 17.3 Å². The van der Waals surface area contributed by atoms with Crippen molar-refractivity contribution in [2.45, 2.75) is 11.8 Å². The molecule has 0 atom stereocenters. The minimum absolute atomic E-state index is 0.0670. The Balaban J connectivity index is 2.19. The van der Waals surface area contributed by atoms with Gasteiger partial charge in [-0.25, -0.2) is 0 Å². The molecule has 19 heavy (non-hydrogen) atoms. The highest BCUT2D eigenvalue weighted by molar-refractivity contribution is 14.1. The SMILES string of the molecule is CCSc1ccccc1NC(=O)c1cccc(I)c1. The van der Waals surface area contributed by atoms with E-state index in [1.165, 1.54) is 0 Å². The van der Waals surface area contributed by atoms with Crippen molar-refractivity contribution in [2.24, 2.45) is 0 Å². The van der Waals surface area contributed by atoms with E-state index in [0.717, 1.165) is 19.9 Å². The molecular formula is C15H14INOS. The zero-order valence-corrected chi connectivity index (χ0v) is 13.5. The van der Waals surface area contributed by atoms with Crippen LogP contribution in [0.3, 0.4) is 0 Å².